The van der Waals surface area contributed by atoms with Crippen LogP contribution in [0.2, 0.25) is 18.1 Å². The summed E-state index contributed by atoms with van der Waals surface area (Å²) in [5.74, 6) is 1.60. The average molecular weight is 442 g/mol. The summed E-state index contributed by atoms with van der Waals surface area (Å²) in [5, 5.41) is 0.182. The largest absolute Gasteiger partial charge is 0.492 e. The number of aromatic nitrogens is 2. The number of rotatable bonds is 8. The Morgan fingerprint density at radius 1 is 1.10 bits per heavy atom. The molecule has 0 saturated carbocycles. The number of hydrogen-bond acceptors (Lipinski definition) is 6. The van der Waals surface area contributed by atoms with Crippen molar-refractivity contribution in [3.8, 4) is 17.1 Å². The van der Waals surface area contributed by atoms with Gasteiger partial charge in [-0.2, -0.15) is 0 Å². The number of hydrogen-bond donors (Lipinski definition) is 0. The first-order chi connectivity index (χ1) is 14.7. The third-order valence-electron chi connectivity index (χ3n) is 6.82. The lowest BCUT2D eigenvalue weighted by molar-refractivity contribution is -0.189. The molecule has 2 aliphatic heterocycles. The van der Waals surface area contributed by atoms with Gasteiger partial charge in [-0.25, -0.2) is 9.97 Å². The van der Waals surface area contributed by atoms with E-state index in [1.165, 1.54) is 0 Å². The van der Waals surface area contributed by atoms with Crippen molar-refractivity contribution in [2.75, 3.05) is 39.5 Å². The van der Waals surface area contributed by atoms with Gasteiger partial charge in [0.25, 0.3) is 0 Å². The Hall–Kier alpha value is -1.80. The van der Waals surface area contributed by atoms with E-state index in [-0.39, 0.29) is 5.04 Å². The van der Waals surface area contributed by atoms with Gasteiger partial charge >= 0.3 is 0 Å². The van der Waals surface area contributed by atoms with Gasteiger partial charge in [-0.05, 0) is 48.5 Å². The van der Waals surface area contributed by atoms with Crippen LogP contribution in [0.15, 0.2) is 36.5 Å². The van der Waals surface area contributed by atoms with Crippen LogP contribution in [0.25, 0.3) is 11.4 Å². The predicted octanol–water partition coefficient (Wildman–Crippen LogP) is 4.38. The molecule has 1 spiro atoms. The van der Waals surface area contributed by atoms with Crippen molar-refractivity contribution in [3.63, 3.8) is 0 Å². The van der Waals surface area contributed by atoms with Crippen molar-refractivity contribution in [2.24, 2.45) is 5.41 Å². The van der Waals surface area contributed by atoms with Crippen LogP contribution in [0.3, 0.4) is 0 Å². The fraction of sp³-hybridized carbons (Fsp3) is 0.583. The molecule has 1 aromatic carbocycles. The minimum atomic E-state index is -1.81. The second kappa shape index (κ2) is 8.62. The molecule has 2 aromatic rings. The van der Waals surface area contributed by atoms with Crippen LogP contribution in [0.4, 0.5) is 0 Å². The molecule has 6 nitrogen and oxygen atoms in total. The van der Waals surface area contributed by atoms with Gasteiger partial charge in [0, 0.05) is 36.8 Å². The lowest BCUT2D eigenvalue weighted by Gasteiger charge is -2.55. The topological polar surface area (TPSA) is 56.7 Å². The maximum atomic E-state index is 6.31. The summed E-state index contributed by atoms with van der Waals surface area (Å²) in [6.45, 7) is 17.6. The molecule has 1 aromatic heterocycles. The van der Waals surface area contributed by atoms with Crippen molar-refractivity contribution >= 4 is 8.32 Å². The van der Waals surface area contributed by atoms with Gasteiger partial charge in [-0.15, -0.1) is 0 Å². The Morgan fingerprint density at radius 3 is 2.42 bits per heavy atom. The highest BCUT2D eigenvalue weighted by Crippen LogP contribution is 2.38. The van der Waals surface area contributed by atoms with E-state index in [0.717, 1.165) is 55.7 Å². The fourth-order valence-corrected chi connectivity index (χ4v) is 4.65. The zero-order chi connectivity index (χ0) is 22.1. The monoisotopic (exact) mass is 441 g/mol. The van der Waals surface area contributed by atoms with Gasteiger partial charge in [-0.1, -0.05) is 20.8 Å². The third kappa shape index (κ3) is 5.17. The molecule has 2 aliphatic rings. The molecular formula is C24H35N3O3Si. The molecule has 2 saturated heterocycles. The molecule has 0 radical (unpaired) electrons. The zero-order valence-electron chi connectivity index (χ0n) is 19.5. The van der Waals surface area contributed by atoms with E-state index in [9.17, 15) is 0 Å². The van der Waals surface area contributed by atoms with Crippen LogP contribution >= 0.6 is 0 Å². The van der Waals surface area contributed by atoms with E-state index < -0.39 is 8.32 Å². The molecule has 3 heterocycles. The minimum absolute atomic E-state index is 0.182. The van der Waals surface area contributed by atoms with E-state index in [1.54, 1.807) is 0 Å². The molecule has 0 unspecified atom stereocenters. The second-order valence-electron chi connectivity index (χ2n) is 10.5. The van der Waals surface area contributed by atoms with Crippen LogP contribution in [0.5, 0.6) is 5.75 Å². The van der Waals surface area contributed by atoms with Crippen molar-refractivity contribution in [2.45, 2.75) is 45.5 Å². The molecule has 7 heteroatoms. The van der Waals surface area contributed by atoms with E-state index in [4.69, 9.17) is 18.9 Å². The summed E-state index contributed by atoms with van der Waals surface area (Å²) in [4.78, 5) is 11.6. The third-order valence-corrected chi connectivity index (χ3v) is 11.3. The first-order valence-corrected chi connectivity index (χ1v) is 14.1. The predicted molar refractivity (Wildman–Crippen MR) is 125 cm³/mol. The molecule has 0 amide bonds. The molecular weight excluding hydrogens is 406 g/mol. The van der Waals surface area contributed by atoms with Gasteiger partial charge in [0.05, 0.1) is 25.5 Å². The summed E-state index contributed by atoms with van der Waals surface area (Å²) in [5.41, 5.74) is 2.36. The Balaban J connectivity index is 1.28. The highest BCUT2D eigenvalue weighted by atomic mass is 28.4. The van der Waals surface area contributed by atoms with Gasteiger partial charge in [0.15, 0.2) is 14.1 Å². The smallest absolute Gasteiger partial charge is 0.192 e. The summed E-state index contributed by atoms with van der Waals surface area (Å²) in [7, 11) is -1.81. The standard InChI is InChI=1S/C24H35N3O3Si/c1-23(2,3)31(4,5)30-14-20-10-11-25-22(26-20)19-6-8-21(9-7-19)29-13-12-27-15-24(16-27)17-28-18-24/h6-11H,12-18H2,1-5H3. The maximum absolute atomic E-state index is 6.31. The van der Waals surface area contributed by atoms with Crippen molar-refractivity contribution in [3.05, 3.63) is 42.2 Å². The number of likely N-dealkylation sites (tertiary alicyclic amines) is 1. The molecule has 0 N–H and O–H groups in total. The lowest BCUT2D eigenvalue weighted by Crippen LogP contribution is -2.66. The summed E-state index contributed by atoms with van der Waals surface area (Å²) in [6.07, 6.45) is 1.81. The minimum Gasteiger partial charge on any atom is -0.492 e. The van der Waals surface area contributed by atoms with Crippen LogP contribution in [0.1, 0.15) is 26.5 Å². The lowest BCUT2D eigenvalue weighted by atomic mass is 9.78. The van der Waals surface area contributed by atoms with Gasteiger partial charge in [0.2, 0.25) is 0 Å². The van der Waals surface area contributed by atoms with Crippen molar-refractivity contribution in [1.29, 1.82) is 0 Å². The second-order valence-corrected chi connectivity index (χ2v) is 15.3. The van der Waals surface area contributed by atoms with E-state index in [1.807, 2.05) is 36.5 Å². The molecule has 31 heavy (non-hydrogen) atoms. The quantitative estimate of drug-likeness (QED) is 0.567. The first kappa shape index (κ1) is 22.4. The Labute approximate surface area is 187 Å². The normalized spacial score (nSPS) is 18.5. The molecule has 0 aliphatic carbocycles. The van der Waals surface area contributed by atoms with Crippen LogP contribution in [0, 0.1) is 5.41 Å². The van der Waals surface area contributed by atoms with Gasteiger partial charge in [-0.3, -0.25) is 4.90 Å². The average Bonchev–Trinajstić information content (AvgIpc) is 2.67. The summed E-state index contributed by atoms with van der Waals surface area (Å²) in [6, 6.07) is 9.97. The highest BCUT2D eigenvalue weighted by molar-refractivity contribution is 6.74. The summed E-state index contributed by atoms with van der Waals surface area (Å²) >= 11 is 0. The van der Waals surface area contributed by atoms with Crippen LogP contribution in [-0.2, 0) is 15.8 Å². The van der Waals surface area contributed by atoms with E-state index >= 15 is 0 Å². The maximum Gasteiger partial charge on any atom is 0.192 e. The Bertz CT molecular complexity index is 884. The number of benzene rings is 1. The Kier molecular flexibility index (Phi) is 6.22. The van der Waals surface area contributed by atoms with Crippen molar-refractivity contribution in [1.82, 2.24) is 14.9 Å². The van der Waals surface area contributed by atoms with E-state index in [2.05, 4.69) is 43.7 Å². The van der Waals surface area contributed by atoms with Crippen LogP contribution in [-0.4, -0.2) is 62.6 Å². The highest BCUT2D eigenvalue weighted by Gasteiger charge is 2.48. The number of nitrogens with zero attached hydrogens (tertiary/aromatic N) is 3. The molecule has 0 atom stereocenters. The zero-order valence-corrected chi connectivity index (χ0v) is 20.5. The van der Waals surface area contributed by atoms with Crippen LogP contribution < -0.4 is 4.74 Å². The van der Waals surface area contributed by atoms with E-state index in [0.29, 0.717) is 18.6 Å². The van der Waals surface area contributed by atoms with Gasteiger partial charge < -0.3 is 13.9 Å². The molecule has 2 fully saturated rings. The first-order valence-electron chi connectivity index (χ1n) is 11.2. The molecule has 0 bridgehead atoms. The van der Waals surface area contributed by atoms with Gasteiger partial charge in [0.1, 0.15) is 12.4 Å². The summed E-state index contributed by atoms with van der Waals surface area (Å²) < 4.78 is 17.6. The molecule has 168 valence electrons. The van der Waals surface area contributed by atoms with Crippen molar-refractivity contribution < 1.29 is 13.9 Å². The Morgan fingerprint density at radius 2 is 1.81 bits per heavy atom. The molecule has 4 rings (SSSR count). The SMILES string of the molecule is CC(C)(C)[Si](C)(C)OCc1ccnc(-c2ccc(OCCN3CC4(COC4)C3)cc2)n1. The number of ether oxygens (including phenoxy) is 2. The fourth-order valence-electron chi connectivity index (χ4n) is 3.71.